The number of ether oxygens (including phenoxy) is 1. The molecular weight excluding hydrogens is 314 g/mol. The second-order valence-electron chi connectivity index (χ2n) is 5.30. The van der Waals surface area contributed by atoms with Crippen molar-refractivity contribution in [3.8, 4) is 22.6 Å². The topological polar surface area (TPSA) is 76.7 Å². The van der Waals surface area contributed by atoms with Crippen molar-refractivity contribution in [3.63, 3.8) is 0 Å². The molecule has 5 nitrogen and oxygen atoms in total. The van der Waals surface area contributed by atoms with Crippen molar-refractivity contribution >= 4 is 12.2 Å². The Morgan fingerprint density at radius 2 is 1.40 bits per heavy atom. The van der Waals surface area contributed by atoms with Gasteiger partial charge in [-0.15, -0.1) is 0 Å². The van der Waals surface area contributed by atoms with Crippen LogP contribution in [0.4, 0.5) is 4.79 Å². The number of nitrogens with two attached hydrogens (primary N) is 1. The zero-order chi connectivity index (χ0) is 17.5. The number of hydrogen-bond acceptors (Lipinski definition) is 3. The van der Waals surface area contributed by atoms with E-state index in [0.717, 1.165) is 16.9 Å². The number of benzene rings is 3. The predicted molar refractivity (Wildman–Crippen MR) is 98.7 cm³/mol. The van der Waals surface area contributed by atoms with E-state index in [1.807, 2.05) is 66.7 Å². The van der Waals surface area contributed by atoms with Crippen LogP contribution in [0.5, 0.6) is 11.5 Å². The first-order valence-corrected chi connectivity index (χ1v) is 7.72. The molecule has 0 aromatic heterocycles. The minimum atomic E-state index is -0.699. The highest BCUT2D eigenvalue weighted by Crippen LogP contribution is 2.25. The Balaban J connectivity index is 1.64. The van der Waals surface area contributed by atoms with Crippen LogP contribution in [0.25, 0.3) is 11.1 Å². The number of hydrogen-bond donors (Lipinski definition) is 2. The Kier molecular flexibility index (Phi) is 5.07. The minimum Gasteiger partial charge on any atom is -0.457 e. The Labute approximate surface area is 145 Å². The molecule has 0 aliphatic heterocycles. The normalized spacial score (nSPS) is 10.6. The molecule has 3 rings (SSSR count). The molecular formula is C20H17N3O2. The summed E-state index contributed by atoms with van der Waals surface area (Å²) in [6, 6.07) is 24.7. The summed E-state index contributed by atoms with van der Waals surface area (Å²) in [4.78, 5) is 10.5. The van der Waals surface area contributed by atoms with Gasteiger partial charge in [-0.2, -0.15) is 5.10 Å². The molecule has 3 aromatic carbocycles. The lowest BCUT2D eigenvalue weighted by Gasteiger charge is -2.07. The third-order valence-corrected chi connectivity index (χ3v) is 3.47. The van der Waals surface area contributed by atoms with Crippen LogP contribution >= 0.6 is 0 Å². The number of hydrazone groups is 1. The molecule has 0 heterocycles. The summed E-state index contributed by atoms with van der Waals surface area (Å²) in [6.45, 7) is 0. The van der Waals surface area contributed by atoms with Gasteiger partial charge in [0.2, 0.25) is 0 Å². The fraction of sp³-hybridized carbons (Fsp3) is 0. The lowest BCUT2D eigenvalue weighted by molar-refractivity contribution is 0.249. The molecule has 2 amide bonds. The summed E-state index contributed by atoms with van der Waals surface area (Å²) in [7, 11) is 0. The average Bonchev–Trinajstić information content (AvgIpc) is 2.64. The van der Waals surface area contributed by atoms with Gasteiger partial charge in [0, 0.05) is 0 Å². The smallest absolute Gasteiger partial charge is 0.332 e. The van der Waals surface area contributed by atoms with E-state index in [4.69, 9.17) is 10.5 Å². The van der Waals surface area contributed by atoms with Crippen molar-refractivity contribution in [2.75, 3.05) is 0 Å². The van der Waals surface area contributed by atoms with Crippen molar-refractivity contribution in [3.05, 3.63) is 84.4 Å². The van der Waals surface area contributed by atoms with Crippen LogP contribution in [-0.2, 0) is 0 Å². The van der Waals surface area contributed by atoms with E-state index >= 15 is 0 Å². The number of primary amides is 1. The molecule has 0 bridgehead atoms. The summed E-state index contributed by atoms with van der Waals surface area (Å²) < 4.78 is 5.83. The van der Waals surface area contributed by atoms with E-state index in [9.17, 15) is 4.79 Å². The van der Waals surface area contributed by atoms with Crippen LogP contribution < -0.4 is 15.9 Å². The van der Waals surface area contributed by atoms with E-state index in [1.165, 1.54) is 11.8 Å². The van der Waals surface area contributed by atoms with Crippen molar-refractivity contribution in [1.82, 2.24) is 5.43 Å². The number of carbonyl (C=O) groups is 1. The highest BCUT2D eigenvalue weighted by molar-refractivity contribution is 5.81. The molecule has 124 valence electrons. The maximum Gasteiger partial charge on any atom is 0.332 e. The summed E-state index contributed by atoms with van der Waals surface area (Å²) in [5, 5.41) is 3.70. The van der Waals surface area contributed by atoms with Gasteiger partial charge in [-0.1, -0.05) is 42.5 Å². The van der Waals surface area contributed by atoms with Gasteiger partial charge in [0.1, 0.15) is 11.5 Å². The van der Waals surface area contributed by atoms with E-state index < -0.39 is 6.03 Å². The first-order valence-electron chi connectivity index (χ1n) is 7.72. The molecule has 0 saturated heterocycles. The fourth-order valence-electron chi connectivity index (χ4n) is 2.27. The van der Waals surface area contributed by atoms with E-state index in [2.05, 4.69) is 22.7 Å². The molecule has 5 heteroatoms. The van der Waals surface area contributed by atoms with Crippen LogP contribution in [-0.4, -0.2) is 12.2 Å². The van der Waals surface area contributed by atoms with Gasteiger partial charge in [0.05, 0.1) is 6.21 Å². The zero-order valence-electron chi connectivity index (χ0n) is 13.4. The zero-order valence-corrected chi connectivity index (χ0v) is 13.4. The summed E-state index contributed by atoms with van der Waals surface area (Å²) in [6.07, 6.45) is 1.50. The quantitative estimate of drug-likeness (QED) is 0.544. The van der Waals surface area contributed by atoms with Crippen LogP contribution in [0.1, 0.15) is 5.56 Å². The Morgan fingerprint density at radius 1 is 0.840 bits per heavy atom. The predicted octanol–water partition coefficient (Wildman–Crippen LogP) is 4.15. The summed E-state index contributed by atoms with van der Waals surface area (Å²) in [5.41, 5.74) is 10.2. The molecule has 0 aliphatic rings. The van der Waals surface area contributed by atoms with Gasteiger partial charge < -0.3 is 10.5 Å². The number of rotatable bonds is 5. The lowest BCUT2D eigenvalue weighted by atomic mass is 10.1. The Bertz CT molecular complexity index is 858. The molecule has 0 spiro atoms. The lowest BCUT2D eigenvalue weighted by Crippen LogP contribution is -2.24. The maximum absolute atomic E-state index is 10.5. The fourth-order valence-corrected chi connectivity index (χ4v) is 2.27. The monoisotopic (exact) mass is 331 g/mol. The van der Waals surface area contributed by atoms with E-state index in [-0.39, 0.29) is 0 Å². The third kappa shape index (κ3) is 4.68. The molecule has 0 atom stereocenters. The number of nitrogens with zero attached hydrogens (tertiary/aromatic N) is 1. The SMILES string of the molecule is NC(=O)N/N=C/c1ccc(Oc2ccc(-c3ccccc3)cc2)cc1. The molecule has 25 heavy (non-hydrogen) atoms. The van der Waals surface area contributed by atoms with Crippen LogP contribution in [0.3, 0.4) is 0 Å². The van der Waals surface area contributed by atoms with Crippen LogP contribution in [0.15, 0.2) is 84.0 Å². The Morgan fingerprint density at radius 3 is 2.00 bits per heavy atom. The molecule has 0 aliphatic carbocycles. The van der Waals surface area contributed by atoms with Gasteiger partial charge in [0.25, 0.3) is 0 Å². The minimum absolute atomic E-state index is 0.699. The van der Waals surface area contributed by atoms with Crippen molar-refractivity contribution < 1.29 is 9.53 Å². The second kappa shape index (κ2) is 7.79. The van der Waals surface area contributed by atoms with Crippen LogP contribution in [0, 0.1) is 0 Å². The van der Waals surface area contributed by atoms with Gasteiger partial charge in [-0.25, -0.2) is 10.2 Å². The molecule has 0 fully saturated rings. The molecule has 3 aromatic rings. The van der Waals surface area contributed by atoms with E-state index in [1.54, 1.807) is 0 Å². The van der Waals surface area contributed by atoms with Gasteiger partial charge in [-0.05, 0) is 53.1 Å². The Hall–Kier alpha value is -3.60. The second-order valence-corrected chi connectivity index (χ2v) is 5.30. The molecule has 0 radical (unpaired) electrons. The number of urea groups is 1. The molecule has 3 N–H and O–H groups in total. The largest absolute Gasteiger partial charge is 0.457 e. The van der Waals surface area contributed by atoms with Crippen molar-refractivity contribution in [2.45, 2.75) is 0 Å². The van der Waals surface area contributed by atoms with Crippen molar-refractivity contribution in [1.29, 1.82) is 0 Å². The summed E-state index contributed by atoms with van der Waals surface area (Å²) in [5.74, 6) is 1.48. The van der Waals surface area contributed by atoms with Crippen molar-refractivity contribution in [2.24, 2.45) is 10.8 Å². The van der Waals surface area contributed by atoms with Gasteiger partial charge in [-0.3, -0.25) is 0 Å². The number of amides is 2. The molecule has 0 saturated carbocycles. The maximum atomic E-state index is 10.5. The highest BCUT2D eigenvalue weighted by atomic mass is 16.5. The average molecular weight is 331 g/mol. The highest BCUT2D eigenvalue weighted by Gasteiger charge is 2.00. The molecule has 0 unspecified atom stereocenters. The third-order valence-electron chi connectivity index (χ3n) is 3.47. The standard InChI is InChI=1S/C20H17N3O2/c21-20(24)23-22-14-15-6-10-18(11-7-15)25-19-12-8-17(9-13-19)16-4-2-1-3-5-16/h1-14H,(H3,21,23,24)/b22-14+. The summed E-state index contributed by atoms with van der Waals surface area (Å²) >= 11 is 0. The first kappa shape index (κ1) is 16.3. The van der Waals surface area contributed by atoms with Gasteiger partial charge in [0.15, 0.2) is 0 Å². The van der Waals surface area contributed by atoms with Crippen LogP contribution in [0.2, 0.25) is 0 Å². The van der Waals surface area contributed by atoms with Gasteiger partial charge >= 0.3 is 6.03 Å². The van der Waals surface area contributed by atoms with E-state index in [0.29, 0.717) is 5.75 Å². The first-order chi connectivity index (χ1) is 12.2. The number of nitrogens with one attached hydrogen (secondary N) is 1. The number of carbonyl (C=O) groups excluding carboxylic acids is 1.